The largest absolute Gasteiger partial charge is 0.493 e. The van der Waals surface area contributed by atoms with Gasteiger partial charge in [-0.05, 0) is 42.5 Å². The van der Waals surface area contributed by atoms with E-state index in [1.54, 1.807) is 24.3 Å². The molecule has 0 bridgehead atoms. The average molecular weight is 539 g/mol. The Bertz CT molecular complexity index is 1330. The highest BCUT2D eigenvalue weighted by molar-refractivity contribution is 7.89. The third-order valence-electron chi connectivity index (χ3n) is 5.97. The van der Waals surface area contributed by atoms with Crippen molar-refractivity contribution < 1.29 is 35.8 Å². The Hall–Kier alpha value is -3.58. The molecule has 3 aromatic rings. The standard InChI is InChI=1S/C24H25F3N4O5S/c1-34-20-13-16(14-21(35-2)23(20)36-3)19-7-8-22(29-28-19)30-9-11-31(12-10-30)37(32,33)18-6-4-5-17(15-18)24(25,26)27/h4-8,13-15H,9-12H2,1-3H3. The lowest BCUT2D eigenvalue weighted by atomic mass is 10.1. The van der Waals surface area contributed by atoms with Gasteiger partial charge in [0.1, 0.15) is 0 Å². The first kappa shape index (κ1) is 26.5. The number of anilines is 1. The first-order chi connectivity index (χ1) is 17.6. The van der Waals surface area contributed by atoms with Gasteiger partial charge in [0.05, 0.1) is 37.5 Å². The van der Waals surface area contributed by atoms with Crippen LogP contribution in [0.15, 0.2) is 53.4 Å². The summed E-state index contributed by atoms with van der Waals surface area (Å²) in [5, 5.41) is 8.58. The van der Waals surface area contributed by atoms with Crippen molar-refractivity contribution in [2.24, 2.45) is 0 Å². The zero-order valence-electron chi connectivity index (χ0n) is 20.3. The number of benzene rings is 2. The van der Waals surface area contributed by atoms with E-state index in [9.17, 15) is 21.6 Å². The third-order valence-corrected chi connectivity index (χ3v) is 7.87. The molecular formula is C24H25F3N4O5S. The van der Waals surface area contributed by atoms with Crippen LogP contribution in [0.25, 0.3) is 11.3 Å². The Morgan fingerprint density at radius 1 is 0.838 bits per heavy atom. The molecule has 0 saturated carbocycles. The minimum atomic E-state index is -4.63. The molecule has 2 heterocycles. The molecule has 9 nitrogen and oxygen atoms in total. The molecule has 0 radical (unpaired) electrons. The summed E-state index contributed by atoms with van der Waals surface area (Å²) in [5.74, 6) is 1.95. The SMILES string of the molecule is COc1cc(-c2ccc(N3CCN(S(=O)(=O)c4cccc(C(F)(F)F)c4)CC3)nn2)cc(OC)c1OC. The van der Waals surface area contributed by atoms with Crippen molar-refractivity contribution in [3.05, 3.63) is 54.1 Å². The summed E-state index contributed by atoms with van der Waals surface area (Å²) >= 11 is 0. The topological polar surface area (TPSA) is 94.1 Å². The van der Waals surface area contributed by atoms with Gasteiger partial charge in [0, 0.05) is 31.7 Å². The summed E-state index contributed by atoms with van der Waals surface area (Å²) in [6, 6.07) is 10.8. The van der Waals surface area contributed by atoms with E-state index in [1.165, 1.54) is 31.7 Å². The molecule has 13 heteroatoms. The predicted molar refractivity (Wildman–Crippen MR) is 130 cm³/mol. The molecule has 1 aliphatic heterocycles. The lowest BCUT2D eigenvalue weighted by Crippen LogP contribution is -2.49. The molecule has 0 atom stereocenters. The van der Waals surface area contributed by atoms with Crippen LogP contribution in [0.3, 0.4) is 0 Å². The summed E-state index contributed by atoms with van der Waals surface area (Å²) in [6.07, 6.45) is -4.63. The number of rotatable bonds is 7. The van der Waals surface area contributed by atoms with Gasteiger partial charge < -0.3 is 19.1 Å². The van der Waals surface area contributed by atoms with Crippen LogP contribution in [0.5, 0.6) is 17.2 Å². The number of piperazine rings is 1. The molecule has 0 N–H and O–H groups in total. The van der Waals surface area contributed by atoms with E-state index in [0.29, 0.717) is 53.5 Å². The average Bonchev–Trinajstić information content (AvgIpc) is 2.92. The normalized spacial score (nSPS) is 14.9. The van der Waals surface area contributed by atoms with E-state index in [2.05, 4.69) is 10.2 Å². The highest BCUT2D eigenvalue weighted by Crippen LogP contribution is 2.41. The summed E-state index contributed by atoms with van der Waals surface area (Å²) in [4.78, 5) is 1.48. The van der Waals surface area contributed by atoms with E-state index >= 15 is 0 Å². The molecule has 1 aliphatic rings. The molecule has 1 saturated heterocycles. The molecule has 2 aromatic carbocycles. The first-order valence-electron chi connectivity index (χ1n) is 11.1. The van der Waals surface area contributed by atoms with Crippen molar-refractivity contribution >= 4 is 15.8 Å². The Kier molecular flexibility index (Phi) is 7.46. The second-order valence-electron chi connectivity index (χ2n) is 8.11. The van der Waals surface area contributed by atoms with Gasteiger partial charge in [-0.15, -0.1) is 10.2 Å². The van der Waals surface area contributed by atoms with Gasteiger partial charge in [-0.25, -0.2) is 8.42 Å². The fourth-order valence-electron chi connectivity index (χ4n) is 4.02. The smallest absolute Gasteiger partial charge is 0.416 e. The fraction of sp³-hybridized carbons (Fsp3) is 0.333. The Labute approximate surface area is 212 Å². The number of hydrogen-bond acceptors (Lipinski definition) is 8. The lowest BCUT2D eigenvalue weighted by Gasteiger charge is -2.34. The van der Waals surface area contributed by atoms with E-state index in [0.717, 1.165) is 12.1 Å². The van der Waals surface area contributed by atoms with Crippen LogP contribution in [0.2, 0.25) is 0 Å². The van der Waals surface area contributed by atoms with Crippen LogP contribution >= 0.6 is 0 Å². The maximum atomic E-state index is 13.0. The van der Waals surface area contributed by atoms with Crippen LogP contribution in [-0.4, -0.2) is 70.4 Å². The zero-order chi connectivity index (χ0) is 26.8. The molecule has 0 spiro atoms. The number of aromatic nitrogens is 2. The van der Waals surface area contributed by atoms with Gasteiger partial charge >= 0.3 is 6.18 Å². The molecule has 198 valence electrons. The Morgan fingerprint density at radius 2 is 1.49 bits per heavy atom. The zero-order valence-corrected chi connectivity index (χ0v) is 21.1. The quantitative estimate of drug-likeness (QED) is 0.450. The molecule has 1 fully saturated rings. The van der Waals surface area contributed by atoms with Gasteiger partial charge in [-0.2, -0.15) is 17.5 Å². The second kappa shape index (κ2) is 10.4. The van der Waals surface area contributed by atoms with Crippen LogP contribution in [0, 0.1) is 0 Å². The van der Waals surface area contributed by atoms with Gasteiger partial charge in [-0.1, -0.05) is 6.07 Å². The minimum Gasteiger partial charge on any atom is -0.493 e. The highest BCUT2D eigenvalue weighted by atomic mass is 32.2. The molecule has 0 amide bonds. The van der Waals surface area contributed by atoms with Crippen LogP contribution in [-0.2, 0) is 16.2 Å². The molecule has 0 unspecified atom stereocenters. The fourth-order valence-corrected chi connectivity index (χ4v) is 5.48. The van der Waals surface area contributed by atoms with Crippen molar-refractivity contribution in [2.75, 3.05) is 52.4 Å². The van der Waals surface area contributed by atoms with E-state index < -0.39 is 21.8 Å². The number of alkyl halides is 3. The summed E-state index contributed by atoms with van der Waals surface area (Å²) in [5.41, 5.74) is 0.258. The van der Waals surface area contributed by atoms with Crippen LogP contribution in [0.4, 0.5) is 19.0 Å². The Balaban J connectivity index is 1.47. The van der Waals surface area contributed by atoms with E-state index in [-0.39, 0.29) is 18.0 Å². The third kappa shape index (κ3) is 5.42. The van der Waals surface area contributed by atoms with Crippen LogP contribution in [0.1, 0.15) is 5.56 Å². The van der Waals surface area contributed by atoms with Crippen molar-refractivity contribution in [3.63, 3.8) is 0 Å². The summed E-state index contributed by atoms with van der Waals surface area (Å²) in [7, 11) is 0.471. The van der Waals surface area contributed by atoms with Gasteiger partial charge in [0.2, 0.25) is 15.8 Å². The van der Waals surface area contributed by atoms with Crippen molar-refractivity contribution in [1.29, 1.82) is 0 Å². The first-order valence-corrected chi connectivity index (χ1v) is 12.6. The number of nitrogens with zero attached hydrogens (tertiary/aromatic N) is 4. The molecule has 4 rings (SSSR count). The number of halogens is 3. The summed E-state index contributed by atoms with van der Waals surface area (Å²) < 4.78 is 82.3. The molecular weight excluding hydrogens is 513 g/mol. The monoisotopic (exact) mass is 538 g/mol. The minimum absolute atomic E-state index is 0.0922. The van der Waals surface area contributed by atoms with Gasteiger partial charge in [0.25, 0.3) is 0 Å². The van der Waals surface area contributed by atoms with E-state index in [1.807, 2.05) is 4.90 Å². The van der Waals surface area contributed by atoms with Crippen molar-refractivity contribution in [2.45, 2.75) is 11.1 Å². The molecule has 1 aromatic heterocycles. The maximum absolute atomic E-state index is 13.0. The molecule has 0 aliphatic carbocycles. The van der Waals surface area contributed by atoms with E-state index in [4.69, 9.17) is 14.2 Å². The van der Waals surface area contributed by atoms with Gasteiger partial charge in [-0.3, -0.25) is 0 Å². The maximum Gasteiger partial charge on any atom is 0.416 e. The highest BCUT2D eigenvalue weighted by Gasteiger charge is 2.34. The number of ether oxygens (including phenoxy) is 3. The Morgan fingerprint density at radius 3 is 2.00 bits per heavy atom. The van der Waals surface area contributed by atoms with Crippen molar-refractivity contribution in [3.8, 4) is 28.5 Å². The number of sulfonamides is 1. The molecule has 37 heavy (non-hydrogen) atoms. The van der Waals surface area contributed by atoms with Crippen LogP contribution < -0.4 is 19.1 Å². The summed E-state index contributed by atoms with van der Waals surface area (Å²) in [6.45, 7) is 0.788. The number of methoxy groups -OCH3 is 3. The lowest BCUT2D eigenvalue weighted by molar-refractivity contribution is -0.137. The second-order valence-corrected chi connectivity index (χ2v) is 10.0. The predicted octanol–water partition coefficient (Wildman–Crippen LogP) is 3.70. The number of hydrogen-bond donors (Lipinski definition) is 0. The van der Waals surface area contributed by atoms with Crippen molar-refractivity contribution in [1.82, 2.24) is 14.5 Å². The van der Waals surface area contributed by atoms with Gasteiger partial charge in [0.15, 0.2) is 17.3 Å².